The molecule has 0 bridgehead atoms. The number of phenols is 2. The smallest absolute Gasteiger partial charge is 0.359 e. The summed E-state index contributed by atoms with van der Waals surface area (Å²) < 4.78 is 6.11. The van der Waals surface area contributed by atoms with Crippen LogP contribution >= 0.6 is 0 Å². The number of carbonyl (C=O) groups is 1. The maximum atomic E-state index is 13.5. The Morgan fingerprint density at radius 3 is 2.18 bits per heavy atom. The molecule has 1 heterocycles. The molecule has 0 radical (unpaired) electrons. The van der Waals surface area contributed by atoms with Crippen molar-refractivity contribution >= 4 is 17.3 Å². The Labute approximate surface area is 199 Å². The quantitative estimate of drug-likeness (QED) is 0.377. The maximum Gasteiger partial charge on any atom is 0.359 e. The number of carbonyl (C=O) groups excluding carboxylic acids is 1. The number of nitrogens with zero attached hydrogens (tertiary/aromatic N) is 1. The lowest BCUT2D eigenvalue weighted by Crippen LogP contribution is -2.47. The molecule has 0 aromatic heterocycles. The van der Waals surface area contributed by atoms with E-state index in [4.69, 9.17) is 4.74 Å². The zero-order chi connectivity index (χ0) is 24.3. The average Bonchev–Trinajstić information content (AvgIpc) is 2.81. The van der Waals surface area contributed by atoms with Crippen LogP contribution in [0.3, 0.4) is 0 Å². The van der Waals surface area contributed by atoms with E-state index < -0.39 is 11.6 Å². The number of hydrogen-bond acceptors (Lipinski definition) is 6. The molecule has 1 atom stereocenters. The highest BCUT2D eigenvalue weighted by Crippen LogP contribution is 2.42. The lowest BCUT2D eigenvalue weighted by Gasteiger charge is -2.42. The number of para-hydroxylation sites is 1. The number of cyclic esters (lactones) is 1. The predicted molar refractivity (Wildman–Crippen MR) is 131 cm³/mol. The summed E-state index contributed by atoms with van der Waals surface area (Å²) in [7, 11) is 0. The second-order valence-electron chi connectivity index (χ2n) is 8.94. The Kier molecular flexibility index (Phi) is 6.50. The number of benzene rings is 3. The number of aliphatic hydroxyl groups excluding tert-OH is 1. The third kappa shape index (κ3) is 4.71. The molecule has 6 heteroatoms. The average molecular weight is 460 g/mol. The third-order valence-electron chi connectivity index (χ3n) is 6.38. The Balaban J connectivity index is 1.71. The van der Waals surface area contributed by atoms with Crippen LogP contribution in [-0.4, -0.2) is 26.9 Å². The van der Waals surface area contributed by atoms with Crippen molar-refractivity contribution in [1.29, 1.82) is 0 Å². The van der Waals surface area contributed by atoms with E-state index >= 15 is 0 Å². The van der Waals surface area contributed by atoms with E-state index in [-0.39, 0.29) is 35.3 Å². The largest absolute Gasteiger partial charge is 0.510 e. The van der Waals surface area contributed by atoms with Crippen LogP contribution in [-0.2, 0) is 16.0 Å². The van der Waals surface area contributed by atoms with Gasteiger partial charge in [0.15, 0.2) is 5.70 Å². The maximum absolute atomic E-state index is 13.5. The fraction of sp³-hybridized carbons (Fsp3) is 0.250. The minimum Gasteiger partial charge on any atom is -0.510 e. The van der Waals surface area contributed by atoms with E-state index in [1.807, 2.05) is 56.3 Å². The topological polar surface area (TPSA) is 90.2 Å². The third-order valence-corrected chi connectivity index (χ3v) is 6.38. The van der Waals surface area contributed by atoms with Crippen molar-refractivity contribution in [2.24, 2.45) is 5.92 Å². The van der Waals surface area contributed by atoms with E-state index in [1.54, 1.807) is 35.2 Å². The van der Waals surface area contributed by atoms with E-state index in [9.17, 15) is 20.1 Å². The molecule has 1 aliphatic rings. The standard InChI is InChI=1S/C28H29NO5/c1-19(2)28(16-15-20-11-13-23(30)14-12-20)18-25(32)26(27(33)34-28)29(21-7-4-3-5-8-21)22-9-6-10-24(31)17-22/h3-14,17,19,30-32H,15-16,18H2,1-2H3. The van der Waals surface area contributed by atoms with Gasteiger partial charge in [0.2, 0.25) is 0 Å². The Bertz CT molecular complexity index is 1190. The number of rotatable bonds is 7. The molecule has 3 aromatic rings. The molecule has 1 unspecified atom stereocenters. The summed E-state index contributed by atoms with van der Waals surface area (Å²) in [6.07, 6.45) is 1.32. The molecule has 0 fully saturated rings. The summed E-state index contributed by atoms with van der Waals surface area (Å²) in [5.74, 6) is -0.459. The first-order valence-electron chi connectivity index (χ1n) is 11.4. The summed E-state index contributed by atoms with van der Waals surface area (Å²) >= 11 is 0. The SMILES string of the molecule is CC(C)C1(CCc2ccc(O)cc2)CC(O)=C(N(c2ccccc2)c2cccc(O)c2)C(=O)O1. The molecule has 0 saturated carbocycles. The molecule has 6 nitrogen and oxygen atoms in total. The number of phenolic OH excluding ortho intramolecular Hbond substituents is 2. The van der Waals surface area contributed by atoms with Crippen LogP contribution in [0.1, 0.15) is 32.3 Å². The monoisotopic (exact) mass is 459 g/mol. The molecule has 34 heavy (non-hydrogen) atoms. The Morgan fingerprint density at radius 1 is 0.882 bits per heavy atom. The lowest BCUT2D eigenvalue weighted by atomic mass is 9.79. The molecule has 3 N–H and O–H groups in total. The molecule has 0 aliphatic carbocycles. The fourth-order valence-corrected chi connectivity index (χ4v) is 4.36. The predicted octanol–water partition coefficient (Wildman–Crippen LogP) is 5.98. The van der Waals surface area contributed by atoms with Crippen LogP contribution in [0, 0.1) is 5.92 Å². The van der Waals surface area contributed by atoms with E-state index in [0.717, 1.165) is 5.56 Å². The first-order chi connectivity index (χ1) is 16.3. The van der Waals surface area contributed by atoms with Crippen LogP contribution in [0.4, 0.5) is 11.4 Å². The highest BCUT2D eigenvalue weighted by molar-refractivity contribution is 5.97. The summed E-state index contributed by atoms with van der Waals surface area (Å²) in [4.78, 5) is 15.1. The van der Waals surface area contributed by atoms with Crippen LogP contribution in [0.2, 0.25) is 0 Å². The van der Waals surface area contributed by atoms with Gasteiger partial charge >= 0.3 is 5.97 Å². The zero-order valence-electron chi connectivity index (χ0n) is 19.3. The van der Waals surface area contributed by atoms with Crippen molar-refractivity contribution in [2.45, 2.75) is 38.7 Å². The van der Waals surface area contributed by atoms with Gasteiger partial charge in [-0.05, 0) is 60.7 Å². The highest BCUT2D eigenvalue weighted by Gasteiger charge is 2.46. The summed E-state index contributed by atoms with van der Waals surface area (Å²) in [6, 6.07) is 22.7. The van der Waals surface area contributed by atoms with Crippen molar-refractivity contribution in [3.63, 3.8) is 0 Å². The van der Waals surface area contributed by atoms with Gasteiger partial charge in [-0.25, -0.2) is 4.79 Å². The van der Waals surface area contributed by atoms with Gasteiger partial charge in [-0.2, -0.15) is 0 Å². The first-order valence-corrected chi connectivity index (χ1v) is 11.4. The number of esters is 1. The molecule has 176 valence electrons. The normalized spacial score (nSPS) is 18.1. The fourth-order valence-electron chi connectivity index (χ4n) is 4.36. The molecular weight excluding hydrogens is 430 g/mol. The molecule has 4 rings (SSSR count). The molecule has 0 saturated heterocycles. The van der Waals surface area contributed by atoms with Gasteiger partial charge < -0.3 is 25.0 Å². The molecule has 0 amide bonds. The molecule has 3 aromatic carbocycles. The van der Waals surface area contributed by atoms with Crippen molar-refractivity contribution in [1.82, 2.24) is 0 Å². The van der Waals surface area contributed by atoms with Crippen molar-refractivity contribution < 1.29 is 24.9 Å². The number of ether oxygens (including phenoxy) is 1. The number of aryl methyl sites for hydroxylation is 1. The minimum atomic E-state index is -0.871. The lowest BCUT2D eigenvalue weighted by molar-refractivity contribution is -0.165. The zero-order valence-corrected chi connectivity index (χ0v) is 19.3. The summed E-state index contributed by atoms with van der Waals surface area (Å²) in [6.45, 7) is 3.96. The van der Waals surface area contributed by atoms with Crippen molar-refractivity contribution in [3.8, 4) is 11.5 Å². The van der Waals surface area contributed by atoms with Crippen molar-refractivity contribution in [2.75, 3.05) is 4.90 Å². The second kappa shape index (κ2) is 9.51. The number of aromatic hydroxyl groups is 2. The number of aliphatic hydroxyl groups is 1. The molecule has 0 spiro atoms. The van der Waals surface area contributed by atoms with Gasteiger partial charge in [0, 0.05) is 18.2 Å². The van der Waals surface area contributed by atoms with E-state index in [2.05, 4.69) is 0 Å². The van der Waals surface area contributed by atoms with Crippen LogP contribution in [0.25, 0.3) is 0 Å². The van der Waals surface area contributed by atoms with Crippen molar-refractivity contribution in [3.05, 3.63) is 95.9 Å². The van der Waals surface area contributed by atoms with Gasteiger partial charge in [-0.1, -0.05) is 50.2 Å². The van der Waals surface area contributed by atoms with Crippen LogP contribution < -0.4 is 4.90 Å². The first kappa shape index (κ1) is 23.2. The minimum absolute atomic E-state index is 0.0387. The van der Waals surface area contributed by atoms with E-state index in [0.29, 0.717) is 24.2 Å². The van der Waals surface area contributed by atoms with Crippen LogP contribution in [0.5, 0.6) is 11.5 Å². The summed E-state index contributed by atoms with van der Waals surface area (Å²) in [5.41, 5.74) is 1.37. The van der Waals surface area contributed by atoms with Gasteiger partial charge in [-0.3, -0.25) is 0 Å². The van der Waals surface area contributed by atoms with Crippen LogP contribution in [0.15, 0.2) is 90.3 Å². The van der Waals surface area contributed by atoms with Gasteiger partial charge in [0.05, 0.1) is 5.69 Å². The summed E-state index contributed by atoms with van der Waals surface area (Å²) in [5, 5.41) is 30.9. The molecule has 1 aliphatic heterocycles. The van der Waals surface area contributed by atoms with Gasteiger partial charge in [0.1, 0.15) is 22.9 Å². The number of hydrogen-bond donors (Lipinski definition) is 3. The second-order valence-corrected chi connectivity index (χ2v) is 8.94. The van der Waals surface area contributed by atoms with Gasteiger partial charge in [0.25, 0.3) is 0 Å². The Morgan fingerprint density at radius 2 is 1.56 bits per heavy atom. The Hall–Kier alpha value is -3.93. The van der Waals surface area contributed by atoms with E-state index in [1.165, 1.54) is 6.07 Å². The van der Waals surface area contributed by atoms with Gasteiger partial charge in [-0.15, -0.1) is 0 Å². The number of anilines is 2. The highest BCUT2D eigenvalue weighted by atomic mass is 16.6. The molecular formula is C28H29NO5.